The summed E-state index contributed by atoms with van der Waals surface area (Å²) in [5.41, 5.74) is 4.66. The Balaban J connectivity index is 1.52. The van der Waals surface area contributed by atoms with E-state index >= 15 is 0 Å². The van der Waals surface area contributed by atoms with Crippen LogP contribution in [-0.4, -0.2) is 65.5 Å². The quantitative estimate of drug-likeness (QED) is 0.397. The molecule has 0 bridgehead atoms. The van der Waals surface area contributed by atoms with Gasteiger partial charge < -0.3 is 19.4 Å². The Labute approximate surface area is 203 Å². The monoisotopic (exact) mass is 479 g/mol. The third kappa shape index (κ3) is 4.80. The molecule has 5 rings (SSSR count). The lowest BCUT2D eigenvalue weighted by Crippen LogP contribution is -2.31. The predicted molar refractivity (Wildman–Crippen MR) is 137 cm³/mol. The summed E-state index contributed by atoms with van der Waals surface area (Å²) in [6.07, 6.45) is 1.95. The number of nitrogens with zero attached hydrogens (tertiary/aromatic N) is 4. The van der Waals surface area contributed by atoms with Gasteiger partial charge in [0.25, 0.3) is 5.56 Å². The molecule has 1 aromatic carbocycles. The van der Waals surface area contributed by atoms with Gasteiger partial charge in [0.15, 0.2) is 0 Å². The third-order valence-corrected chi connectivity index (χ3v) is 6.82. The van der Waals surface area contributed by atoms with Crippen molar-refractivity contribution in [2.75, 3.05) is 51.0 Å². The van der Waals surface area contributed by atoms with E-state index in [-0.39, 0.29) is 12.2 Å². The largest absolute Gasteiger partial charge is 0.370 e. The molecule has 0 unspecified atom stereocenters. The van der Waals surface area contributed by atoms with Gasteiger partial charge in [0.1, 0.15) is 5.82 Å². The number of rotatable bonds is 8. The van der Waals surface area contributed by atoms with Crippen LogP contribution in [0.15, 0.2) is 53.3 Å². The summed E-state index contributed by atoms with van der Waals surface area (Å²) < 4.78 is 27.7. The molecule has 1 aliphatic carbocycles. The van der Waals surface area contributed by atoms with Gasteiger partial charge in [-0.3, -0.25) is 13.6 Å². The van der Waals surface area contributed by atoms with Gasteiger partial charge in [-0.1, -0.05) is 24.3 Å². The maximum atomic E-state index is 13.2. The average molecular weight is 480 g/mol. The normalized spacial score (nSPS) is 15.2. The smallest absolute Gasteiger partial charge is 0.260 e. The molecule has 0 atom stereocenters. The number of alkyl halides is 2. The van der Waals surface area contributed by atoms with Crippen LogP contribution in [0, 0.1) is 0 Å². The summed E-state index contributed by atoms with van der Waals surface area (Å²) in [4.78, 5) is 25.5. The molecule has 2 aliphatic heterocycles. The van der Waals surface area contributed by atoms with E-state index in [4.69, 9.17) is 4.98 Å². The van der Waals surface area contributed by atoms with Crippen molar-refractivity contribution >= 4 is 16.7 Å². The Bertz CT molecular complexity index is 1320. The topological polar surface area (TPSA) is 57.2 Å². The maximum Gasteiger partial charge on any atom is 0.260 e. The molecular weight excluding hydrogens is 448 g/mol. The van der Waals surface area contributed by atoms with Crippen molar-refractivity contribution < 1.29 is 8.78 Å². The maximum absolute atomic E-state index is 13.2. The molecule has 1 aromatic heterocycles. The fourth-order valence-electron chi connectivity index (χ4n) is 5.09. The van der Waals surface area contributed by atoms with Crippen LogP contribution in [-0.2, 0) is 6.54 Å². The minimum atomic E-state index is -0.434. The third-order valence-electron chi connectivity index (χ3n) is 6.82. The molecule has 1 fully saturated rings. The highest BCUT2D eigenvalue weighted by Gasteiger charge is 2.23. The molecule has 3 aliphatic rings. The number of aromatic nitrogens is 3. The van der Waals surface area contributed by atoms with Crippen LogP contribution in [0.25, 0.3) is 33.7 Å². The summed E-state index contributed by atoms with van der Waals surface area (Å²) in [6, 6.07) is 15.7. The fraction of sp³-hybridized carbons (Fsp3) is 0.407. The standard InChI is InChI=1S/C27H31F2N5O/c28-11-4-13-32-14-6-15-33(18-17-32)20-9-10-24-23(19-20)30-26(34(24)16-5-12-29)25-21-7-2-1-3-8-22(21)31-27(25)35/h1-3,7-10,19H,4-6,11-18H2,(H,31,35). The Morgan fingerprint density at radius 3 is 2.60 bits per heavy atom. The van der Waals surface area contributed by atoms with Gasteiger partial charge in [0.2, 0.25) is 0 Å². The second kappa shape index (κ2) is 10.6. The van der Waals surface area contributed by atoms with Crippen molar-refractivity contribution in [2.24, 2.45) is 0 Å². The van der Waals surface area contributed by atoms with Gasteiger partial charge in [-0.2, -0.15) is 0 Å². The van der Waals surface area contributed by atoms with E-state index in [1.54, 1.807) is 0 Å². The van der Waals surface area contributed by atoms with Crippen molar-refractivity contribution in [3.05, 3.63) is 58.9 Å². The van der Waals surface area contributed by atoms with E-state index in [2.05, 4.69) is 26.9 Å². The van der Waals surface area contributed by atoms with Crippen molar-refractivity contribution in [1.82, 2.24) is 19.4 Å². The van der Waals surface area contributed by atoms with Gasteiger partial charge in [-0.25, -0.2) is 4.98 Å². The van der Waals surface area contributed by atoms with Crippen molar-refractivity contribution in [1.29, 1.82) is 0 Å². The molecule has 0 spiro atoms. The number of anilines is 1. The Morgan fingerprint density at radius 2 is 1.74 bits per heavy atom. The molecule has 184 valence electrons. The Hall–Kier alpha value is -3.26. The number of aromatic amines is 1. The zero-order chi connectivity index (χ0) is 24.2. The number of hydrogen-bond donors (Lipinski definition) is 1. The number of fused-ring (bicyclic) bond motifs is 2. The molecule has 1 saturated heterocycles. The van der Waals surface area contributed by atoms with E-state index in [0.29, 0.717) is 30.8 Å². The van der Waals surface area contributed by atoms with Crippen LogP contribution in [0.2, 0.25) is 0 Å². The molecule has 0 radical (unpaired) electrons. The van der Waals surface area contributed by atoms with Crippen LogP contribution in [0.1, 0.15) is 19.3 Å². The number of aryl methyl sites for hydroxylation is 1. The van der Waals surface area contributed by atoms with Gasteiger partial charge in [0.05, 0.1) is 29.9 Å². The number of H-pyrrole nitrogens is 1. The second-order valence-corrected chi connectivity index (χ2v) is 9.09. The molecule has 1 N–H and O–H groups in total. The summed E-state index contributed by atoms with van der Waals surface area (Å²) in [5, 5.41) is 0. The molecule has 0 saturated carbocycles. The number of benzene rings is 1. The molecule has 6 nitrogen and oxygen atoms in total. The summed E-state index contributed by atoms with van der Waals surface area (Å²) in [7, 11) is 0. The SMILES string of the molecule is O=c1[nH]c2cccccc-2c1-c1nc2cc(N3CCCN(CCCF)CC3)ccc2n1CCCF. The minimum Gasteiger partial charge on any atom is -0.370 e. The highest BCUT2D eigenvalue weighted by Crippen LogP contribution is 2.33. The highest BCUT2D eigenvalue weighted by atomic mass is 19.1. The zero-order valence-corrected chi connectivity index (χ0v) is 19.9. The predicted octanol–water partition coefficient (Wildman–Crippen LogP) is 4.73. The van der Waals surface area contributed by atoms with Crippen LogP contribution in [0.3, 0.4) is 0 Å². The van der Waals surface area contributed by atoms with Crippen molar-refractivity contribution in [3.63, 3.8) is 0 Å². The van der Waals surface area contributed by atoms with Gasteiger partial charge in [0, 0.05) is 49.7 Å². The van der Waals surface area contributed by atoms with Gasteiger partial charge >= 0.3 is 0 Å². The lowest BCUT2D eigenvalue weighted by molar-refractivity contribution is 0.275. The zero-order valence-electron chi connectivity index (χ0n) is 19.9. The molecule has 8 heteroatoms. The first-order chi connectivity index (χ1) is 17.2. The van der Waals surface area contributed by atoms with E-state index < -0.39 is 6.67 Å². The fourth-order valence-corrected chi connectivity index (χ4v) is 5.09. The summed E-state index contributed by atoms with van der Waals surface area (Å²) in [5.74, 6) is 0.571. The summed E-state index contributed by atoms with van der Waals surface area (Å²) >= 11 is 0. The van der Waals surface area contributed by atoms with Gasteiger partial charge in [-0.05, 0) is 50.1 Å². The Morgan fingerprint density at radius 1 is 0.914 bits per heavy atom. The number of hydrogen-bond acceptors (Lipinski definition) is 4. The van der Waals surface area contributed by atoms with Crippen LogP contribution < -0.4 is 10.5 Å². The van der Waals surface area contributed by atoms with E-state index in [9.17, 15) is 13.6 Å². The van der Waals surface area contributed by atoms with Crippen molar-refractivity contribution in [2.45, 2.75) is 25.8 Å². The van der Waals surface area contributed by atoms with E-state index in [1.165, 1.54) is 0 Å². The second-order valence-electron chi connectivity index (χ2n) is 9.09. The lowest BCUT2D eigenvalue weighted by atomic mass is 10.1. The molecule has 3 heterocycles. The number of halogens is 2. The van der Waals surface area contributed by atoms with Crippen LogP contribution in [0.4, 0.5) is 14.5 Å². The van der Waals surface area contributed by atoms with Gasteiger partial charge in [-0.15, -0.1) is 0 Å². The average Bonchev–Trinajstić information content (AvgIpc) is 3.13. The summed E-state index contributed by atoms with van der Waals surface area (Å²) in [6.45, 7) is 4.21. The number of imidazole rings is 1. The highest BCUT2D eigenvalue weighted by molar-refractivity contribution is 5.88. The lowest BCUT2D eigenvalue weighted by Gasteiger charge is -2.23. The minimum absolute atomic E-state index is 0.191. The van der Waals surface area contributed by atoms with Crippen LogP contribution >= 0.6 is 0 Å². The number of nitrogens with one attached hydrogen (secondary N) is 1. The molecule has 0 amide bonds. The van der Waals surface area contributed by atoms with Crippen LogP contribution in [0.5, 0.6) is 0 Å². The van der Waals surface area contributed by atoms with Crippen molar-refractivity contribution in [3.8, 4) is 22.6 Å². The van der Waals surface area contributed by atoms with E-state index in [0.717, 1.165) is 67.1 Å². The first kappa shape index (κ1) is 23.5. The molecule has 35 heavy (non-hydrogen) atoms. The first-order valence-electron chi connectivity index (χ1n) is 12.4. The Kier molecular flexibility index (Phi) is 7.08. The molecular formula is C27H31F2N5O. The first-order valence-corrected chi connectivity index (χ1v) is 12.4. The molecule has 2 aromatic rings. The van der Waals surface area contributed by atoms with E-state index in [1.807, 2.05) is 41.0 Å².